The molecule has 0 unspecified atom stereocenters. The Morgan fingerprint density at radius 1 is 1.33 bits per heavy atom. The Bertz CT molecular complexity index is 551. The molecule has 1 saturated carbocycles. The summed E-state index contributed by atoms with van der Waals surface area (Å²) in [6.45, 7) is 1.97. The Kier molecular flexibility index (Phi) is 4.23. The number of hydrogen-bond donors (Lipinski definition) is 1. The Hall–Kier alpha value is -1.84. The van der Waals surface area contributed by atoms with Gasteiger partial charge in [-0.05, 0) is 30.4 Å². The van der Waals surface area contributed by atoms with Gasteiger partial charge < -0.3 is 10.2 Å². The zero-order valence-corrected chi connectivity index (χ0v) is 12.1. The van der Waals surface area contributed by atoms with Gasteiger partial charge >= 0.3 is 6.03 Å². The average Bonchev–Trinajstić information content (AvgIpc) is 3.32. The number of hydrogen-bond acceptors (Lipinski definition) is 1. The van der Waals surface area contributed by atoms with E-state index >= 15 is 0 Å². The van der Waals surface area contributed by atoms with E-state index in [1.807, 2.05) is 12.1 Å². The lowest BCUT2D eigenvalue weighted by Crippen LogP contribution is -2.42. The van der Waals surface area contributed by atoms with E-state index in [4.69, 9.17) is 0 Å². The second-order valence-electron chi connectivity index (χ2n) is 5.87. The van der Waals surface area contributed by atoms with Gasteiger partial charge in [0.2, 0.25) is 0 Å². The Morgan fingerprint density at radius 3 is 2.81 bits per heavy atom. The molecule has 1 aromatic rings. The van der Waals surface area contributed by atoms with E-state index in [0.717, 1.165) is 24.5 Å². The molecule has 0 saturated heterocycles. The maximum atomic E-state index is 13.7. The lowest BCUT2D eigenvalue weighted by atomic mass is 9.99. The number of amides is 2. The maximum absolute atomic E-state index is 13.7. The summed E-state index contributed by atoms with van der Waals surface area (Å²) in [6.07, 6.45) is 6.39. The number of rotatable bonds is 4. The van der Waals surface area contributed by atoms with E-state index in [1.54, 1.807) is 17.0 Å². The summed E-state index contributed by atoms with van der Waals surface area (Å²) in [6, 6.07) is 6.82. The van der Waals surface area contributed by atoms with Crippen molar-refractivity contribution in [1.82, 2.24) is 10.2 Å². The van der Waals surface area contributed by atoms with E-state index in [1.165, 1.54) is 18.9 Å². The van der Waals surface area contributed by atoms with Gasteiger partial charge in [0.15, 0.2) is 0 Å². The highest BCUT2D eigenvalue weighted by atomic mass is 19.1. The number of carbonyl (C=O) groups excluding carboxylic acids is 1. The molecule has 2 aliphatic rings. The minimum atomic E-state index is -0.189. The van der Waals surface area contributed by atoms with Crippen molar-refractivity contribution in [3.63, 3.8) is 0 Å². The van der Waals surface area contributed by atoms with Crippen molar-refractivity contribution >= 4 is 11.6 Å². The first-order valence-electron chi connectivity index (χ1n) is 7.71. The topological polar surface area (TPSA) is 32.3 Å². The Balaban J connectivity index is 1.53. The zero-order chi connectivity index (χ0) is 14.7. The molecule has 112 valence electrons. The largest absolute Gasteiger partial charge is 0.338 e. The smallest absolute Gasteiger partial charge is 0.317 e. The van der Waals surface area contributed by atoms with E-state index in [9.17, 15) is 9.18 Å². The number of nitrogens with one attached hydrogen (secondary N) is 1. The SMILES string of the molecule is O=C(NCCC1CC1)N1CC=C(c2ccccc2F)CC1. The first-order chi connectivity index (χ1) is 10.2. The summed E-state index contributed by atoms with van der Waals surface area (Å²) in [5.41, 5.74) is 1.65. The first-order valence-corrected chi connectivity index (χ1v) is 7.71. The van der Waals surface area contributed by atoms with Crippen LogP contribution in [0.5, 0.6) is 0 Å². The molecule has 1 fully saturated rings. The van der Waals surface area contributed by atoms with Gasteiger partial charge in [-0.1, -0.05) is 37.1 Å². The van der Waals surface area contributed by atoms with E-state index in [-0.39, 0.29) is 11.8 Å². The second kappa shape index (κ2) is 6.29. The molecular weight excluding hydrogens is 267 g/mol. The average molecular weight is 288 g/mol. The van der Waals surface area contributed by atoms with Crippen LogP contribution in [0.1, 0.15) is 31.2 Å². The molecule has 1 aliphatic heterocycles. The molecule has 3 rings (SSSR count). The second-order valence-corrected chi connectivity index (χ2v) is 5.87. The summed E-state index contributed by atoms with van der Waals surface area (Å²) < 4.78 is 13.7. The molecule has 0 aromatic heterocycles. The van der Waals surface area contributed by atoms with Crippen LogP contribution in [0, 0.1) is 11.7 Å². The number of benzene rings is 1. The summed E-state index contributed by atoms with van der Waals surface area (Å²) >= 11 is 0. The normalized spacial score (nSPS) is 18.3. The first kappa shape index (κ1) is 14.1. The van der Waals surface area contributed by atoms with Gasteiger partial charge in [-0.25, -0.2) is 9.18 Å². The van der Waals surface area contributed by atoms with Crippen molar-refractivity contribution < 1.29 is 9.18 Å². The van der Waals surface area contributed by atoms with Gasteiger partial charge in [-0.2, -0.15) is 0 Å². The number of nitrogens with zero attached hydrogens (tertiary/aromatic N) is 1. The van der Waals surface area contributed by atoms with Crippen molar-refractivity contribution in [1.29, 1.82) is 0 Å². The molecular formula is C17H21FN2O. The molecule has 0 radical (unpaired) electrons. The van der Waals surface area contributed by atoms with Crippen LogP contribution >= 0.6 is 0 Å². The Labute approximate surface area is 124 Å². The van der Waals surface area contributed by atoms with Crippen LogP contribution in [0.15, 0.2) is 30.3 Å². The minimum absolute atomic E-state index is 0.000478. The van der Waals surface area contributed by atoms with Crippen molar-refractivity contribution in [2.75, 3.05) is 19.6 Å². The Morgan fingerprint density at radius 2 is 2.14 bits per heavy atom. The van der Waals surface area contributed by atoms with Gasteiger partial charge in [-0.3, -0.25) is 0 Å². The maximum Gasteiger partial charge on any atom is 0.317 e. The standard InChI is InChI=1S/C17H21FN2O/c18-16-4-2-1-3-15(16)14-8-11-20(12-9-14)17(21)19-10-7-13-5-6-13/h1-4,8,13H,5-7,9-12H2,(H,19,21). The van der Waals surface area contributed by atoms with Crippen LogP contribution in [0.25, 0.3) is 5.57 Å². The van der Waals surface area contributed by atoms with Crippen LogP contribution in [0.3, 0.4) is 0 Å². The van der Waals surface area contributed by atoms with Crippen LogP contribution in [-0.2, 0) is 0 Å². The van der Waals surface area contributed by atoms with Gasteiger partial charge in [0.25, 0.3) is 0 Å². The van der Waals surface area contributed by atoms with Gasteiger partial charge in [0.05, 0.1) is 0 Å². The summed E-state index contributed by atoms with van der Waals surface area (Å²) in [5, 5.41) is 2.97. The third-order valence-corrected chi connectivity index (χ3v) is 4.24. The number of urea groups is 1. The fraction of sp³-hybridized carbons (Fsp3) is 0.471. The van der Waals surface area contributed by atoms with Gasteiger partial charge in [-0.15, -0.1) is 0 Å². The molecule has 1 N–H and O–H groups in total. The third kappa shape index (κ3) is 3.63. The van der Waals surface area contributed by atoms with Crippen molar-refractivity contribution in [3.8, 4) is 0 Å². The molecule has 2 amide bonds. The zero-order valence-electron chi connectivity index (χ0n) is 12.1. The van der Waals surface area contributed by atoms with Crippen LogP contribution < -0.4 is 5.32 Å². The minimum Gasteiger partial charge on any atom is -0.338 e. The molecule has 0 bridgehead atoms. The van der Waals surface area contributed by atoms with Crippen molar-refractivity contribution in [2.45, 2.75) is 25.7 Å². The predicted octanol–water partition coefficient (Wildman–Crippen LogP) is 3.42. The van der Waals surface area contributed by atoms with E-state index in [0.29, 0.717) is 25.1 Å². The van der Waals surface area contributed by atoms with Crippen molar-refractivity contribution in [3.05, 3.63) is 41.7 Å². The predicted molar refractivity (Wildman–Crippen MR) is 81.3 cm³/mol. The lowest BCUT2D eigenvalue weighted by molar-refractivity contribution is 0.203. The molecule has 0 atom stereocenters. The quantitative estimate of drug-likeness (QED) is 0.904. The monoisotopic (exact) mass is 288 g/mol. The highest BCUT2D eigenvalue weighted by Crippen LogP contribution is 2.31. The molecule has 3 nitrogen and oxygen atoms in total. The van der Waals surface area contributed by atoms with E-state index in [2.05, 4.69) is 5.32 Å². The van der Waals surface area contributed by atoms with E-state index < -0.39 is 0 Å². The van der Waals surface area contributed by atoms with Gasteiger partial charge in [0.1, 0.15) is 5.82 Å². The molecule has 1 heterocycles. The summed E-state index contributed by atoms with van der Waals surface area (Å²) in [7, 11) is 0. The lowest BCUT2D eigenvalue weighted by Gasteiger charge is -2.27. The fourth-order valence-corrected chi connectivity index (χ4v) is 2.72. The third-order valence-electron chi connectivity index (χ3n) is 4.24. The van der Waals surface area contributed by atoms with Crippen LogP contribution in [-0.4, -0.2) is 30.6 Å². The van der Waals surface area contributed by atoms with Crippen LogP contribution in [0.2, 0.25) is 0 Å². The highest BCUT2D eigenvalue weighted by Gasteiger charge is 2.22. The number of halogens is 1. The molecule has 4 heteroatoms. The summed E-state index contributed by atoms with van der Waals surface area (Å²) in [5.74, 6) is 0.644. The molecule has 1 aliphatic carbocycles. The molecule has 1 aromatic carbocycles. The molecule has 0 spiro atoms. The van der Waals surface area contributed by atoms with Gasteiger partial charge in [0, 0.05) is 25.2 Å². The van der Waals surface area contributed by atoms with Crippen molar-refractivity contribution in [2.24, 2.45) is 5.92 Å². The highest BCUT2D eigenvalue weighted by molar-refractivity contribution is 5.76. The molecule has 21 heavy (non-hydrogen) atoms. The summed E-state index contributed by atoms with van der Waals surface area (Å²) in [4.78, 5) is 13.8. The number of carbonyl (C=O) groups is 1. The van der Waals surface area contributed by atoms with Crippen LogP contribution in [0.4, 0.5) is 9.18 Å². The fourth-order valence-electron chi connectivity index (χ4n) is 2.72.